The second-order valence-corrected chi connectivity index (χ2v) is 5.89. The summed E-state index contributed by atoms with van der Waals surface area (Å²) in [6.45, 7) is 1.10. The molecule has 8 heteroatoms. The molecule has 16 heavy (non-hydrogen) atoms. The molecule has 2 atom stereocenters. The molecular weight excluding hydrogens is 242 g/mol. The van der Waals surface area contributed by atoms with Crippen molar-refractivity contribution in [3.63, 3.8) is 0 Å². The number of carbonyl (C=O) groups is 1. The van der Waals surface area contributed by atoms with Gasteiger partial charge in [0.25, 0.3) is 5.91 Å². The zero-order valence-corrected chi connectivity index (χ0v) is 9.51. The van der Waals surface area contributed by atoms with Crippen molar-refractivity contribution in [2.75, 3.05) is 0 Å². The molecule has 1 fully saturated rings. The van der Waals surface area contributed by atoms with Crippen LogP contribution in [0.15, 0.2) is 0 Å². The largest absolute Gasteiger partial charge is 0.319 e. The first kappa shape index (κ1) is 13.3. The second kappa shape index (κ2) is 4.62. The topological polar surface area (TPSA) is 89.3 Å². The van der Waals surface area contributed by atoms with E-state index < -0.39 is 39.6 Å². The minimum atomic E-state index is -3.71. The van der Waals surface area contributed by atoms with Gasteiger partial charge in [-0.15, -0.1) is 0 Å². The van der Waals surface area contributed by atoms with E-state index in [1.54, 1.807) is 4.72 Å². The maximum absolute atomic E-state index is 12.2. The lowest BCUT2D eigenvalue weighted by Gasteiger charge is -2.18. The average Bonchev–Trinajstić information content (AvgIpc) is 2.97. The van der Waals surface area contributed by atoms with Crippen molar-refractivity contribution in [1.82, 2.24) is 4.72 Å². The predicted octanol–water partition coefficient (Wildman–Crippen LogP) is -0.177. The van der Waals surface area contributed by atoms with E-state index in [4.69, 9.17) is 5.73 Å². The number of carbonyl (C=O) groups excluding carboxylic acids is 1. The van der Waals surface area contributed by atoms with Gasteiger partial charge in [0.05, 0.1) is 11.3 Å². The smallest absolute Gasteiger partial charge is 0.250 e. The molecule has 1 amide bonds. The van der Waals surface area contributed by atoms with Crippen LogP contribution in [0.4, 0.5) is 8.78 Å². The molecule has 1 rings (SSSR count). The molecule has 94 valence electrons. The lowest BCUT2D eigenvalue weighted by molar-refractivity contribution is -0.123. The van der Waals surface area contributed by atoms with Gasteiger partial charge in [0.15, 0.2) is 0 Å². The number of hydrogen-bond acceptors (Lipinski definition) is 4. The zero-order valence-electron chi connectivity index (χ0n) is 8.69. The quantitative estimate of drug-likeness (QED) is 0.714. The summed E-state index contributed by atoms with van der Waals surface area (Å²) in [5.41, 5.74) is 5.23. The number of rotatable bonds is 5. The van der Waals surface area contributed by atoms with Gasteiger partial charge in [-0.05, 0) is 12.8 Å². The highest BCUT2D eigenvalue weighted by molar-refractivity contribution is 7.90. The van der Waals surface area contributed by atoms with Crippen molar-refractivity contribution < 1.29 is 22.0 Å². The lowest BCUT2D eigenvalue weighted by Crippen LogP contribution is -2.49. The first-order chi connectivity index (χ1) is 7.25. The van der Waals surface area contributed by atoms with Crippen LogP contribution in [0.25, 0.3) is 0 Å². The number of halogens is 2. The Morgan fingerprint density at radius 3 is 2.31 bits per heavy atom. The van der Waals surface area contributed by atoms with E-state index >= 15 is 0 Å². The zero-order chi connectivity index (χ0) is 12.5. The van der Waals surface area contributed by atoms with Crippen LogP contribution in [-0.4, -0.2) is 32.0 Å². The van der Waals surface area contributed by atoms with Crippen molar-refractivity contribution in [3.05, 3.63) is 0 Å². The van der Waals surface area contributed by atoms with Crippen molar-refractivity contribution >= 4 is 15.9 Å². The molecule has 1 aliphatic rings. The predicted molar refractivity (Wildman–Crippen MR) is 53.2 cm³/mol. The fourth-order valence-electron chi connectivity index (χ4n) is 1.07. The number of hydrogen-bond donors (Lipinski definition) is 2. The Morgan fingerprint density at radius 1 is 1.44 bits per heavy atom. The highest BCUT2D eigenvalue weighted by Gasteiger charge is 2.38. The van der Waals surface area contributed by atoms with Gasteiger partial charge in [0, 0.05) is 5.92 Å². The molecule has 0 bridgehead atoms. The third-order valence-corrected chi connectivity index (χ3v) is 4.31. The molecule has 5 nitrogen and oxygen atoms in total. The van der Waals surface area contributed by atoms with Crippen molar-refractivity contribution in [2.24, 2.45) is 11.7 Å². The van der Waals surface area contributed by atoms with Crippen LogP contribution in [0.2, 0.25) is 0 Å². The van der Waals surface area contributed by atoms with Gasteiger partial charge in [-0.1, -0.05) is 6.92 Å². The van der Waals surface area contributed by atoms with E-state index in [0.29, 0.717) is 12.8 Å². The summed E-state index contributed by atoms with van der Waals surface area (Å²) in [6.07, 6.45) is -1.78. The Balaban J connectivity index is 2.58. The third-order valence-electron chi connectivity index (χ3n) is 2.47. The Kier molecular flexibility index (Phi) is 3.84. The summed E-state index contributed by atoms with van der Waals surface area (Å²) in [7, 11) is -3.71. The Bertz CT molecular complexity index is 367. The maximum atomic E-state index is 12.2. The minimum absolute atomic E-state index is 0.488. The minimum Gasteiger partial charge on any atom is -0.319 e. The molecule has 0 radical (unpaired) electrons. The summed E-state index contributed by atoms with van der Waals surface area (Å²) < 4.78 is 48.8. The van der Waals surface area contributed by atoms with Gasteiger partial charge in [0.1, 0.15) is 0 Å². The van der Waals surface area contributed by atoms with Crippen LogP contribution in [0.5, 0.6) is 0 Å². The van der Waals surface area contributed by atoms with Gasteiger partial charge in [-0.25, -0.2) is 17.2 Å². The standard InChI is InChI=1S/C8H14F2N2O3S/c1-4(7(9)10)6(11)8(13)12-16(14,15)5-2-3-5/h4-7H,2-3,11H2,1H3,(H,12,13)/t4-,6?/m1/s1. The summed E-state index contributed by atoms with van der Waals surface area (Å²) >= 11 is 0. The Morgan fingerprint density at radius 2 is 1.94 bits per heavy atom. The highest BCUT2D eigenvalue weighted by Crippen LogP contribution is 2.27. The lowest BCUT2D eigenvalue weighted by atomic mass is 10.0. The van der Waals surface area contributed by atoms with Gasteiger partial charge in [-0.2, -0.15) is 0 Å². The van der Waals surface area contributed by atoms with Gasteiger partial charge in [-0.3, -0.25) is 9.52 Å². The van der Waals surface area contributed by atoms with E-state index in [1.807, 2.05) is 0 Å². The fourth-order valence-corrected chi connectivity index (χ4v) is 2.41. The molecule has 0 heterocycles. The molecule has 0 saturated heterocycles. The Labute approximate surface area is 92.4 Å². The number of nitrogens with two attached hydrogens (primary N) is 1. The first-order valence-corrected chi connectivity index (χ1v) is 6.39. The van der Waals surface area contributed by atoms with Crippen LogP contribution in [0.3, 0.4) is 0 Å². The maximum Gasteiger partial charge on any atom is 0.250 e. The van der Waals surface area contributed by atoms with Gasteiger partial charge >= 0.3 is 0 Å². The van der Waals surface area contributed by atoms with Crippen molar-refractivity contribution in [2.45, 2.75) is 37.5 Å². The molecular formula is C8H14F2N2O3S. The van der Waals surface area contributed by atoms with Crippen LogP contribution < -0.4 is 10.5 Å². The molecule has 0 spiro atoms. The summed E-state index contributed by atoms with van der Waals surface area (Å²) in [6, 6.07) is -1.52. The number of sulfonamides is 1. The normalized spacial score (nSPS) is 20.6. The van der Waals surface area contributed by atoms with Crippen molar-refractivity contribution in [3.8, 4) is 0 Å². The molecule has 1 saturated carbocycles. The van der Waals surface area contributed by atoms with Gasteiger partial charge < -0.3 is 5.73 Å². The third kappa shape index (κ3) is 3.11. The Hall–Kier alpha value is -0.760. The van der Waals surface area contributed by atoms with Crippen LogP contribution in [0.1, 0.15) is 19.8 Å². The molecule has 0 aromatic heterocycles. The number of alkyl halides is 2. The number of amides is 1. The van der Waals surface area contributed by atoms with Crippen LogP contribution in [0, 0.1) is 5.92 Å². The molecule has 1 unspecified atom stereocenters. The number of nitrogens with one attached hydrogen (secondary N) is 1. The van der Waals surface area contributed by atoms with Crippen molar-refractivity contribution in [1.29, 1.82) is 0 Å². The molecule has 1 aliphatic carbocycles. The summed E-state index contributed by atoms with van der Waals surface area (Å²) in [5.74, 6) is -2.45. The molecule has 0 aromatic rings. The first-order valence-electron chi connectivity index (χ1n) is 4.85. The van der Waals surface area contributed by atoms with E-state index in [-0.39, 0.29) is 0 Å². The van der Waals surface area contributed by atoms with E-state index in [1.165, 1.54) is 0 Å². The summed E-state index contributed by atoms with van der Waals surface area (Å²) in [4.78, 5) is 11.3. The van der Waals surface area contributed by atoms with E-state index in [2.05, 4.69) is 0 Å². The van der Waals surface area contributed by atoms with Crippen LogP contribution >= 0.6 is 0 Å². The summed E-state index contributed by atoms with van der Waals surface area (Å²) in [5, 5.41) is -0.578. The monoisotopic (exact) mass is 256 g/mol. The van der Waals surface area contributed by atoms with E-state index in [9.17, 15) is 22.0 Å². The van der Waals surface area contributed by atoms with Crippen LogP contribution in [-0.2, 0) is 14.8 Å². The van der Waals surface area contributed by atoms with E-state index in [0.717, 1.165) is 6.92 Å². The highest BCUT2D eigenvalue weighted by atomic mass is 32.2. The van der Waals surface area contributed by atoms with Gasteiger partial charge in [0.2, 0.25) is 16.4 Å². The molecule has 3 N–H and O–H groups in total. The molecule has 0 aliphatic heterocycles. The fraction of sp³-hybridized carbons (Fsp3) is 0.875. The SMILES string of the molecule is C[C@@H](C(F)F)C(N)C(=O)NS(=O)(=O)C1CC1. The second-order valence-electron chi connectivity index (χ2n) is 3.93. The molecule has 0 aromatic carbocycles. The average molecular weight is 256 g/mol.